The molecule has 0 unspecified atom stereocenters. The van der Waals surface area contributed by atoms with E-state index >= 15 is 0 Å². The van der Waals surface area contributed by atoms with Crippen LogP contribution in [-0.2, 0) is 17.9 Å². The van der Waals surface area contributed by atoms with Gasteiger partial charge in [-0.25, -0.2) is 14.3 Å². The van der Waals surface area contributed by atoms with Crippen LogP contribution in [0.15, 0.2) is 53.5 Å². The number of fused-ring (bicyclic) bond motifs is 1. The van der Waals surface area contributed by atoms with Crippen molar-refractivity contribution in [1.82, 2.24) is 24.8 Å². The average molecular weight is 382 g/mol. The predicted molar refractivity (Wildman–Crippen MR) is 105 cm³/mol. The van der Waals surface area contributed by atoms with Crippen molar-refractivity contribution in [1.29, 1.82) is 0 Å². The molecule has 3 N–H and O–H groups in total. The number of pyridine rings is 1. The predicted octanol–water partition coefficient (Wildman–Crippen LogP) is 1.34. The molecule has 28 heavy (non-hydrogen) atoms. The fraction of sp³-hybridized carbons (Fsp3) is 0.263. The molecule has 0 aliphatic carbocycles. The molecule has 3 aromatic rings. The third-order valence-corrected chi connectivity index (χ3v) is 3.90. The van der Waals surface area contributed by atoms with E-state index in [0.717, 1.165) is 10.2 Å². The molecular weight excluding hydrogens is 360 g/mol. The molecule has 0 aliphatic heterocycles. The molecule has 3 rings (SSSR count). The van der Waals surface area contributed by atoms with Gasteiger partial charge in [0, 0.05) is 24.5 Å². The Morgan fingerprint density at radius 3 is 2.54 bits per heavy atom. The number of carbonyl (C=O) groups is 2. The quantitative estimate of drug-likeness (QED) is 0.598. The molecule has 0 atom stereocenters. The lowest BCUT2D eigenvalue weighted by molar-refractivity contribution is -0.122. The van der Waals surface area contributed by atoms with E-state index in [0.29, 0.717) is 17.9 Å². The summed E-state index contributed by atoms with van der Waals surface area (Å²) in [5.41, 5.74) is 1.65. The zero-order valence-electron chi connectivity index (χ0n) is 15.7. The van der Waals surface area contributed by atoms with Crippen molar-refractivity contribution in [2.45, 2.75) is 33.0 Å². The number of aromatic nitrogens is 3. The highest BCUT2D eigenvalue weighted by Gasteiger charge is 2.10. The number of carbonyl (C=O) groups excluding carboxylic acids is 2. The monoisotopic (exact) mass is 382 g/mol. The first-order valence-corrected chi connectivity index (χ1v) is 8.90. The smallest absolute Gasteiger partial charge is 0.350 e. The van der Waals surface area contributed by atoms with Gasteiger partial charge in [0.15, 0.2) is 5.65 Å². The first-order chi connectivity index (χ1) is 13.4. The van der Waals surface area contributed by atoms with Crippen molar-refractivity contribution >= 4 is 23.3 Å². The minimum absolute atomic E-state index is 0.0508. The summed E-state index contributed by atoms with van der Waals surface area (Å²) in [4.78, 5) is 36.0. The van der Waals surface area contributed by atoms with Gasteiger partial charge in [0.1, 0.15) is 6.54 Å². The highest BCUT2D eigenvalue weighted by Crippen LogP contribution is 2.09. The van der Waals surface area contributed by atoms with Gasteiger partial charge in [0.2, 0.25) is 5.91 Å². The molecule has 9 nitrogen and oxygen atoms in total. The molecule has 2 aromatic heterocycles. The average Bonchev–Trinajstić information content (AvgIpc) is 2.96. The van der Waals surface area contributed by atoms with Crippen molar-refractivity contribution in [2.75, 3.05) is 5.32 Å². The Labute approximate surface area is 161 Å². The number of nitrogens with one attached hydrogen (secondary N) is 3. The van der Waals surface area contributed by atoms with Gasteiger partial charge in [-0.3, -0.25) is 9.20 Å². The van der Waals surface area contributed by atoms with E-state index in [9.17, 15) is 14.4 Å². The molecule has 0 saturated heterocycles. The fourth-order valence-electron chi connectivity index (χ4n) is 2.60. The number of amides is 3. The van der Waals surface area contributed by atoms with E-state index in [1.165, 1.54) is 4.40 Å². The molecule has 0 saturated carbocycles. The fourth-order valence-corrected chi connectivity index (χ4v) is 2.60. The van der Waals surface area contributed by atoms with E-state index in [-0.39, 0.29) is 30.2 Å². The molecular formula is C19H22N6O3. The van der Waals surface area contributed by atoms with Gasteiger partial charge in [-0.1, -0.05) is 18.2 Å². The maximum Gasteiger partial charge on any atom is 0.350 e. The zero-order valence-corrected chi connectivity index (χ0v) is 15.7. The number of anilines is 1. The standard InChI is InChI=1S/C19H22N6O3/c1-13(2)21-18(27)22-15-8-6-14(7-9-15)11-20-17(26)12-25-19(28)24-10-4-3-5-16(24)23-25/h3-10,13H,11-12H2,1-2H3,(H,20,26)(H2,21,22,27). The van der Waals surface area contributed by atoms with Crippen LogP contribution in [0.4, 0.5) is 10.5 Å². The maximum absolute atomic E-state index is 12.2. The number of nitrogens with zero attached hydrogens (tertiary/aromatic N) is 3. The van der Waals surface area contributed by atoms with Crippen LogP contribution < -0.4 is 21.6 Å². The summed E-state index contributed by atoms with van der Waals surface area (Å²) in [7, 11) is 0. The van der Waals surface area contributed by atoms with E-state index < -0.39 is 0 Å². The molecule has 0 bridgehead atoms. The molecule has 3 amide bonds. The van der Waals surface area contributed by atoms with Crippen molar-refractivity contribution in [3.8, 4) is 0 Å². The lowest BCUT2D eigenvalue weighted by atomic mass is 10.2. The normalized spacial score (nSPS) is 10.8. The summed E-state index contributed by atoms with van der Waals surface area (Å²) in [5.74, 6) is -0.316. The number of urea groups is 1. The summed E-state index contributed by atoms with van der Waals surface area (Å²) in [6.07, 6.45) is 1.61. The Kier molecular flexibility index (Phi) is 5.73. The Morgan fingerprint density at radius 1 is 1.11 bits per heavy atom. The van der Waals surface area contributed by atoms with Crippen LogP contribution in [0.3, 0.4) is 0 Å². The van der Waals surface area contributed by atoms with Crippen molar-refractivity contribution in [3.05, 3.63) is 64.7 Å². The summed E-state index contributed by atoms with van der Waals surface area (Å²) >= 11 is 0. The Hall–Kier alpha value is -3.62. The van der Waals surface area contributed by atoms with Gasteiger partial charge < -0.3 is 16.0 Å². The topological polar surface area (TPSA) is 110 Å². The number of hydrogen-bond acceptors (Lipinski definition) is 4. The van der Waals surface area contributed by atoms with Crippen molar-refractivity contribution in [3.63, 3.8) is 0 Å². The SMILES string of the molecule is CC(C)NC(=O)Nc1ccc(CNC(=O)Cn2nc3ccccn3c2=O)cc1. The van der Waals surface area contributed by atoms with E-state index in [4.69, 9.17) is 0 Å². The van der Waals surface area contributed by atoms with Crippen LogP contribution in [0.2, 0.25) is 0 Å². The summed E-state index contributed by atoms with van der Waals surface area (Å²) in [6, 6.07) is 12.1. The molecule has 1 aromatic carbocycles. The van der Waals surface area contributed by atoms with Crippen molar-refractivity contribution in [2.24, 2.45) is 0 Å². The number of rotatable bonds is 6. The minimum Gasteiger partial charge on any atom is -0.350 e. The molecule has 2 heterocycles. The number of benzene rings is 1. The molecule has 0 aliphatic rings. The van der Waals surface area contributed by atoms with Crippen LogP contribution in [0.25, 0.3) is 5.65 Å². The van der Waals surface area contributed by atoms with E-state index in [1.807, 2.05) is 26.0 Å². The highest BCUT2D eigenvalue weighted by molar-refractivity contribution is 5.89. The second-order valence-electron chi connectivity index (χ2n) is 6.60. The van der Waals surface area contributed by atoms with Gasteiger partial charge >= 0.3 is 11.7 Å². The van der Waals surface area contributed by atoms with Gasteiger partial charge in [-0.15, -0.1) is 5.10 Å². The second kappa shape index (κ2) is 8.38. The van der Waals surface area contributed by atoms with Gasteiger partial charge in [-0.2, -0.15) is 0 Å². The van der Waals surface area contributed by atoms with Crippen molar-refractivity contribution < 1.29 is 9.59 Å². The lowest BCUT2D eigenvalue weighted by Crippen LogP contribution is -2.34. The molecule has 146 valence electrons. The van der Waals surface area contributed by atoms with Gasteiger partial charge in [-0.05, 0) is 43.7 Å². The van der Waals surface area contributed by atoms with Crippen LogP contribution in [-0.4, -0.2) is 32.2 Å². The Balaban J connectivity index is 1.53. The molecule has 0 spiro atoms. The molecule has 0 fully saturated rings. The van der Waals surface area contributed by atoms with E-state index in [1.54, 1.807) is 36.5 Å². The minimum atomic E-state index is -0.360. The molecule has 0 radical (unpaired) electrons. The van der Waals surface area contributed by atoms with Gasteiger partial charge in [0.25, 0.3) is 0 Å². The first-order valence-electron chi connectivity index (χ1n) is 8.90. The summed E-state index contributed by atoms with van der Waals surface area (Å²) in [6.45, 7) is 3.91. The maximum atomic E-state index is 12.2. The largest absolute Gasteiger partial charge is 0.350 e. The summed E-state index contributed by atoms with van der Waals surface area (Å²) < 4.78 is 2.51. The third kappa shape index (κ3) is 4.76. The van der Waals surface area contributed by atoms with Crippen LogP contribution in [0.1, 0.15) is 19.4 Å². The van der Waals surface area contributed by atoms with Gasteiger partial charge in [0.05, 0.1) is 0 Å². The Morgan fingerprint density at radius 2 is 1.86 bits per heavy atom. The van der Waals surface area contributed by atoms with Crippen LogP contribution in [0, 0.1) is 0 Å². The zero-order chi connectivity index (χ0) is 20.1. The summed E-state index contributed by atoms with van der Waals surface area (Å²) in [5, 5.41) is 12.4. The molecule has 9 heteroatoms. The Bertz CT molecular complexity index is 1040. The van der Waals surface area contributed by atoms with Crippen LogP contribution >= 0.6 is 0 Å². The number of hydrogen-bond donors (Lipinski definition) is 3. The highest BCUT2D eigenvalue weighted by atomic mass is 16.2. The van der Waals surface area contributed by atoms with Crippen LogP contribution in [0.5, 0.6) is 0 Å². The second-order valence-corrected chi connectivity index (χ2v) is 6.60. The third-order valence-electron chi connectivity index (χ3n) is 3.90. The van der Waals surface area contributed by atoms with E-state index in [2.05, 4.69) is 21.0 Å². The lowest BCUT2D eigenvalue weighted by Gasteiger charge is -2.10. The first kappa shape index (κ1) is 19.2.